The molecular formula is C19H29FIN5O. The second-order valence-corrected chi connectivity index (χ2v) is 6.68. The summed E-state index contributed by atoms with van der Waals surface area (Å²) in [6.45, 7) is 8.00. The molecule has 0 unspecified atom stereocenters. The lowest BCUT2D eigenvalue weighted by atomic mass is 10.1. The van der Waals surface area contributed by atoms with Gasteiger partial charge in [0.2, 0.25) is 0 Å². The summed E-state index contributed by atoms with van der Waals surface area (Å²) in [6.07, 6.45) is 2.03. The van der Waals surface area contributed by atoms with Gasteiger partial charge < -0.3 is 15.3 Å². The molecule has 2 aromatic rings. The quantitative estimate of drug-likeness (QED) is 0.370. The summed E-state index contributed by atoms with van der Waals surface area (Å²) in [5.41, 5.74) is 2.94. The van der Waals surface area contributed by atoms with Crippen LogP contribution in [0.15, 0.2) is 29.4 Å². The van der Waals surface area contributed by atoms with Crippen molar-refractivity contribution in [3.05, 3.63) is 47.0 Å². The van der Waals surface area contributed by atoms with Crippen LogP contribution in [0.2, 0.25) is 0 Å². The topological polar surface area (TPSA) is 65.7 Å². The molecule has 0 bridgehead atoms. The van der Waals surface area contributed by atoms with Crippen LogP contribution in [-0.4, -0.2) is 39.3 Å². The van der Waals surface area contributed by atoms with Gasteiger partial charge in [-0.25, -0.2) is 9.38 Å². The molecule has 1 aromatic heterocycles. The van der Waals surface area contributed by atoms with Crippen LogP contribution in [0.3, 0.4) is 0 Å². The van der Waals surface area contributed by atoms with Gasteiger partial charge in [0.1, 0.15) is 0 Å². The molecule has 0 aliphatic heterocycles. The molecule has 0 saturated heterocycles. The number of guanidine groups is 1. The number of halogens is 2. The number of hydrogen-bond donors (Lipinski definition) is 2. The molecule has 0 radical (unpaired) electrons. The minimum absolute atomic E-state index is 0. The lowest BCUT2D eigenvalue weighted by molar-refractivity contribution is 0.431. The zero-order valence-electron chi connectivity index (χ0n) is 16.5. The van der Waals surface area contributed by atoms with Gasteiger partial charge >= 0.3 is 0 Å². The van der Waals surface area contributed by atoms with E-state index < -0.39 is 5.82 Å². The molecule has 0 saturated carbocycles. The molecule has 0 fully saturated rings. The lowest BCUT2D eigenvalue weighted by Crippen LogP contribution is -2.38. The third kappa shape index (κ3) is 6.37. The Morgan fingerprint density at radius 3 is 2.70 bits per heavy atom. The van der Waals surface area contributed by atoms with Gasteiger partial charge in [-0.3, -0.25) is 4.68 Å². The van der Waals surface area contributed by atoms with Crippen molar-refractivity contribution in [3.63, 3.8) is 0 Å². The van der Waals surface area contributed by atoms with Gasteiger partial charge in [0.25, 0.3) is 0 Å². The molecule has 2 rings (SSSR count). The standard InChI is InChI=1S/C19H28FN5O.HI/c1-6-21-19(22-10-14-7-8-17(26)16(20)9-14)24(4)11-15-12-25(5)23-18(15)13(2)3;/h7-9,12-13,26H,6,10-11H2,1-5H3,(H,21,22);1H. The number of aromatic hydroxyl groups is 1. The Morgan fingerprint density at radius 1 is 1.41 bits per heavy atom. The lowest BCUT2D eigenvalue weighted by Gasteiger charge is -2.22. The fourth-order valence-corrected chi connectivity index (χ4v) is 2.78. The fraction of sp³-hybridized carbons (Fsp3) is 0.474. The summed E-state index contributed by atoms with van der Waals surface area (Å²) in [6, 6.07) is 4.32. The van der Waals surface area contributed by atoms with Crippen molar-refractivity contribution in [2.45, 2.75) is 39.8 Å². The van der Waals surface area contributed by atoms with Crippen molar-refractivity contribution < 1.29 is 9.50 Å². The van der Waals surface area contributed by atoms with E-state index in [1.807, 2.05) is 36.8 Å². The van der Waals surface area contributed by atoms with Gasteiger partial charge in [-0.2, -0.15) is 5.10 Å². The van der Waals surface area contributed by atoms with Crippen LogP contribution in [0.1, 0.15) is 43.5 Å². The summed E-state index contributed by atoms with van der Waals surface area (Å²) < 4.78 is 15.3. The molecule has 0 spiro atoms. The minimum Gasteiger partial charge on any atom is -0.505 e. The average molecular weight is 489 g/mol. The number of nitrogens with one attached hydrogen (secondary N) is 1. The number of phenols is 1. The van der Waals surface area contributed by atoms with E-state index in [4.69, 9.17) is 0 Å². The molecule has 1 aromatic carbocycles. The van der Waals surface area contributed by atoms with Crippen molar-refractivity contribution in [3.8, 4) is 5.75 Å². The fourth-order valence-electron chi connectivity index (χ4n) is 2.78. The summed E-state index contributed by atoms with van der Waals surface area (Å²) >= 11 is 0. The Bertz CT molecular complexity index is 775. The second kappa shape index (κ2) is 10.5. The Balaban J connectivity index is 0.00000364. The Morgan fingerprint density at radius 2 is 2.11 bits per heavy atom. The maximum atomic E-state index is 13.5. The molecule has 6 nitrogen and oxygen atoms in total. The van der Waals surface area contributed by atoms with Crippen LogP contribution in [0.4, 0.5) is 4.39 Å². The smallest absolute Gasteiger partial charge is 0.194 e. The van der Waals surface area contributed by atoms with Crippen molar-refractivity contribution >= 4 is 29.9 Å². The van der Waals surface area contributed by atoms with Crippen molar-refractivity contribution in [2.75, 3.05) is 13.6 Å². The highest BCUT2D eigenvalue weighted by Gasteiger charge is 2.15. The molecule has 0 amide bonds. The normalized spacial score (nSPS) is 11.4. The Kier molecular flexibility index (Phi) is 9.01. The largest absolute Gasteiger partial charge is 0.505 e. The zero-order chi connectivity index (χ0) is 19.3. The predicted octanol–water partition coefficient (Wildman–Crippen LogP) is 3.60. The van der Waals surface area contributed by atoms with Crippen LogP contribution < -0.4 is 5.32 Å². The number of hydrogen-bond acceptors (Lipinski definition) is 3. The second-order valence-electron chi connectivity index (χ2n) is 6.68. The molecule has 2 N–H and O–H groups in total. The van der Waals surface area contributed by atoms with Crippen LogP contribution in [0, 0.1) is 5.82 Å². The van der Waals surface area contributed by atoms with Gasteiger partial charge in [0.05, 0.1) is 12.2 Å². The molecule has 150 valence electrons. The first kappa shape index (κ1) is 23.2. The van der Waals surface area contributed by atoms with E-state index in [-0.39, 0.29) is 29.7 Å². The highest BCUT2D eigenvalue weighted by atomic mass is 127. The number of benzene rings is 1. The third-order valence-corrected chi connectivity index (χ3v) is 4.01. The molecule has 0 atom stereocenters. The van der Waals surface area contributed by atoms with Gasteiger partial charge in [0, 0.05) is 38.9 Å². The number of phenolic OH excluding ortho intramolecular Hbond substituents is 1. The summed E-state index contributed by atoms with van der Waals surface area (Å²) in [5, 5.41) is 17.1. The first-order valence-electron chi connectivity index (χ1n) is 8.81. The Hall–Kier alpha value is -1.84. The SMILES string of the molecule is CCNC(=NCc1ccc(O)c(F)c1)N(C)Cc1cn(C)nc1C(C)C.I. The highest BCUT2D eigenvalue weighted by Crippen LogP contribution is 2.19. The van der Waals surface area contributed by atoms with E-state index in [0.29, 0.717) is 24.6 Å². The zero-order valence-corrected chi connectivity index (χ0v) is 18.9. The highest BCUT2D eigenvalue weighted by molar-refractivity contribution is 14.0. The summed E-state index contributed by atoms with van der Waals surface area (Å²) in [4.78, 5) is 6.62. The Labute approximate surface area is 177 Å². The number of nitrogens with zero attached hydrogens (tertiary/aromatic N) is 4. The molecule has 8 heteroatoms. The van der Waals surface area contributed by atoms with E-state index in [1.165, 1.54) is 12.1 Å². The molecule has 0 aliphatic carbocycles. The van der Waals surface area contributed by atoms with Crippen molar-refractivity contribution in [1.29, 1.82) is 0 Å². The van der Waals surface area contributed by atoms with Crippen LogP contribution in [0.25, 0.3) is 0 Å². The van der Waals surface area contributed by atoms with Crippen molar-refractivity contribution in [1.82, 2.24) is 20.0 Å². The van der Waals surface area contributed by atoms with E-state index in [1.54, 1.807) is 6.07 Å². The number of rotatable bonds is 6. The first-order chi connectivity index (χ1) is 12.3. The van der Waals surface area contributed by atoms with Gasteiger partial charge in [-0.1, -0.05) is 19.9 Å². The number of aromatic nitrogens is 2. The van der Waals surface area contributed by atoms with Crippen LogP contribution in [-0.2, 0) is 20.1 Å². The van der Waals surface area contributed by atoms with E-state index in [0.717, 1.165) is 23.8 Å². The van der Waals surface area contributed by atoms with E-state index >= 15 is 0 Å². The van der Waals surface area contributed by atoms with E-state index in [9.17, 15) is 9.50 Å². The maximum Gasteiger partial charge on any atom is 0.194 e. The predicted molar refractivity (Wildman–Crippen MR) is 117 cm³/mol. The number of aryl methyl sites for hydroxylation is 1. The summed E-state index contributed by atoms with van der Waals surface area (Å²) in [7, 11) is 3.89. The van der Waals surface area contributed by atoms with E-state index in [2.05, 4.69) is 29.3 Å². The minimum atomic E-state index is -0.631. The van der Waals surface area contributed by atoms with Crippen molar-refractivity contribution in [2.24, 2.45) is 12.0 Å². The molecular weight excluding hydrogens is 460 g/mol. The first-order valence-corrected chi connectivity index (χ1v) is 8.81. The molecule has 1 heterocycles. The van der Waals surface area contributed by atoms with Crippen LogP contribution in [0.5, 0.6) is 5.75 Å². The number of aliphatic imine (C=N–C) groups is 1. The maximum absolute atomic E-state index is 13.5. The monoisotopic (exact) mass is 489 g/mol. The van der Waals surface area contributed by atoms with Gasteiger partial charge in [0.15, 0.2) is 17.5 Å². The van der Waals surface area contributed by atoms with Gasteiger partial charge in [-0.15, -0.1) is 24.0 Å². The third-order valence-electron chi connectivity index (χ3n) is 4.01. The molecule has 0 aliphatic rings. The average Bonchev–Trinajstić information content (AvgIpc) is 2.95. The van der Waals surface area contributed by atoms with Crippen LogP contribution >= 0.6 is 24.0 Å². The van der Waals surface area contributed by atoms with Gasteiger partial charge in [-0.05, 0) is 30.5 Å². The molecule has 27 heavy (non-hydrogen) atoms. The summed E-state index contributed by atoms with van der Waals surface area (Å²) in [5.74, 6) is 0.103.